The van der Waals surface area contributed by atoms with Gasteiger partial charge in [0.2, 0.25) is 5.91 Å². The molecule has 0 saturated heterocycles. The van der Waals surface area contributed by atoms with Crippen LogP contribution < -0.4 is 10.6 Å². The van der Waals surface area contributed by atoms with Crippen molar-refractivity contribution >= 4 is 39.1 Å². The summed E-state index contributed by atoms with van der Waals surface area (Å²) in [5.74, 6) is -0.349. The summed E-state index contributed by atoms with van der Waals surface area (Å²) in [7, 11) is 0. The summed E-state index contributed by atoms with van der Waals surface area (Å²) in [6, 6.07) is 12.6. The minimum Gasteiger partial charge on any atom is -0.326 e. The van der Waals surface area contributed by atoms with E-state index in [1.807, 2.05) is 19.1 Å². The molecule has 0 heterocycles. The molecular formula is C16H15BrN2O2. The number of rotatable bonds is 3. The third-order valence-corrected chi connectivity index (χ3v) is 3.70. The smallest absolute Gasteiger partial charge is 0.256 e. The van der Waals surface area contributed by atoms with E-state index in [1.165, 1.54) is 6.92 Å². The molecule has 0 aliphatic rings. The maximum Gasteiger partial charge on any atom is 0.256 e. The Morgan fingerprint density at radius 1 is 0.952 bits per heavy atom. The van der Waals surface area contributed by atoms with Crippen molar-refractivity contribution in [2.45, 2.75) is 13.8 Å². The average molecular weight is 347 g/mol. The zero-order valence-electron chi connectivity index (χ0n) is 11.7. The number of halogens is 1. The van der Waals surface area contributed by atoms with E-state index in [4.69, 9.17) is 0 Å². The van der Waals surface area contributed by atoms with Gasteiger partial charge in [-0.3, -0.25) is 9.59 Å². The Bertz CT molecular complexity index is 698. The van der Waals surface area contributed by atoms with Crippen LogP contribution in [0.1, 0.15) is 22.8 Å². The number of hydrogen-bond acceptors (Lipinski definition) is 2. The van der Waals surface area contributed by atoms with E-state index >= 15 is 0 Å². The Labute approximate surface area is 131 Å². The molecule has 2 amide bonds. The van der Waals surface area contributed by atoms with Crippen molar-refractivity contribution in [3.05, 3.63) is 58.1 Å². The van der Waals surface area contributed by atoms with E-state index in [-0.39, 0.29) is 11.8 Å². The van der Waals surface area contributed by atoms with Gasteiger partial charge in [-0.1, -0.05) is 18.2 Å². The number of benzene rings is 2. The van der Waals surface area contributed by atoms with Crippen LogP contribution in [0, 0.1) is 6.92 Å². The Balaban J connectivity index is 2.26. The first-order valence-corrected chi connectivity index (χ1v) is 7.21. The summed E-state index contributed by atoms with van der Waals surface area (Å²) in [4.78, 5) is 23.5. The fourth-order valence-electron chi connectivity index (χ4n) is 1.93. The van der Waals surface area contributed by atoms with Gasteiger partial charge in [-0.15, -0.1) is 0 Å². The van der Waals surface area contributed by atoms with Crippen LogP contribution in [0.25, 0.3) is 0 Å². The van der Waals surface area contributed by atoms with Gasteiger partial charge in [0.25, 0.3) is 5.91 Å². The molecule has 0 aromatic heterocycles. The van der Waals surface area contributed by atoms with Crippen LogP contribution in [-0.2, 0) is 4.79 Å². The van der Waals surface area contributed by atoms with Crippen molar-refractivity contribution in [1.82, 2.24) is 0 Å². The van der Waals surface area contributed by atoms with Crippen molar-refractivity contribution in [2.24, 2.45) is 0 Å². The van der Waals surface area contributed by atoms with Crippen LogP contribution in [0.5, 0.6) is 0 Å². The van der Waals surface area contributed by atoms with Gasteiger partial charge in [-0.2, -0.15) is 0 Å². The second-order valence-corrected chi connectivity index (χ2v) is 5.45. The molecule has 5 heteroatoms. The minimum absolute atomic E-state index is 0.146. The molecule has 108 valence electrons. The predicted molar refractivity (Wildman–Crippen MR) is 87.6 cm³/mol. The third-order valence-electron chi connectivity index (χ3n) is 3.01. The minimum atomic E-state index is -0.203. The first kappa shape index (κ1) is 15.3. The normalized spacial score (nSPS) is 10.0. The fourth-order valence-corrected chi connectivity index (χ4v) is 2.40. The Morgan fingerprint density at radius 2 is 1.57 bits per heavy atom. The molecule has 2 rings (SSSR count). The summed E-state index contributed by atoms with van der Waals surface area (Å²) in [5.41, 5.74) is 2.73. The molecule has 0 unspecified atom stereocenters. The van der Waals surface area contributed by atoms with Crippen molar-refractivity contribution in [2.75, 3.05) is 10.6 Å². The molecule has 21 heavy (non-hydrogen) atoms. The summed E-state index contributed by atoms with van der Waals surface area (Å²) < 4.78 is 0.734. The summed E-state index contributed by atoms with van der Waals surface area (Å²) in [6.07, 6.45) is 0. The number of carbonyl (C=O) groups is 2. The number of nitrogens with one attached hydrogen (secondary N) is 2. The second kappa shape index (κ2) is 6.54. The highest BCUT2D eigenvalue weighted by atomic mass is 79.9. The second-order valence-electron chi connectivity index (χ2n) is 4.59. The molecule has 0 aliphatic carbocycles. The molecule has 2 aromatic carbocycles. The third kappa shape index (κ3) is 3.70. The molecule has 0 atom stereocenters. The lowest BCUT2D eigenvalue weighted by molar-refractivity contribution is -0.114. The quantitative estimate of drug-likeness (QED) is 0.883. The molecule has 0 saturated carbocycles. The highest BCUT2D eigenvalue weighted by molar-refractivity contribution is 9.10. The Hall–Kier alpha value is -2.14. The molecular weight excluding hydrogens is 332 g/mol. The largest absolute Gasteiger partial charge is 0.326 e. The van der Waals surface area contributed by atoms with Crippen LogP contribution in [-0.4, -0.2) is 11.8 Å². The zero-order valence-corrected chi connectivity index (χ0v) is 13.3. The molecule has 0 fully saturated rings. The van der Waals surface area contributed by atoms with Gasteiger partial charge in [0.1, 0.15) is 0 Å². The lowest BCUT2D eigenvalue weighted by Crippen LogP contribution is -2.14. The molecule has 0 spiro atoms. The van der Waals surface area contributed by atoms with Crippen LogP contribution in [0.2, 0.25) is 0 Å². The monoisotopic (exact) mass is 346 g/mol. The van der Waals surface area contributed by atoms with Gasteiger partial charge in [0.05, 0.1) is 5.56 Å². The van der Waals surface area contributed by atoms with Crippen molar-refractivity contribution in [1.29, 1.82) is 0 Å². The van der Waals surface area contributed by atoms with Gasteiger partial charge in [-0.25, -0.2) is 0 Å². The number of anilines is 2. The highest BCUT2D eigenvalue weighted by Crippen LogP contribution is 2.25. The van der Waals surface area contributed by atoms with E-state index in [0.29, 0.717) is 16.9 Å². The lowest BCUT2D eigenvalue weighted by Gasteiger charge is -2.13. The molecule has 2 aromatic rings. The zero-order chi connectivity index (χ0) is 15.4. The van der Waals surface area contributed by atoms with E-state index in [1.54, 1.807) is 30.3 Å². The van der Waals surface area contributed by atoms with Gasteiger partial charge >= 0.3 is 0 Å². The highest BCUT2D eigenvalue weighted by Gasteiger charge is 2.12. The first-order valence-electron chi connectivity index (χ1n) is 6.42. The lowest BCUT2D eigenvalue weighted by atomic mass is 10.1. The average Bonchev–Trinajstić information content (AvgIpc) is 2.43. The maximum absolute atomic E-state index is 12.3. The van der Waals surface area contributed by atoms with E-state index in [0.717, 1.165) is 10.0 Å². The first-order chi connectivity index (χ1) is 9.99. The van der Waals surface area contributed by atoms with Crippen LogP contribution in [0.4, 0.5) is 11.4 Å². The van der Waals surface area contributed by atoms with Crippen LogP contribution in [0.15, 0.2) is 46.9 Å². The van der Waals surface area contributed by atoms with Crippen LogP contribution in [0.3, 0.4) is 0 Å². The topological polar surface area (TPSA) is 58.2 Å². The van der Waals surface area contributed by atoms with Crippen molar-refractivity contribution < 1.29 is 9.59 Å². The number of hydrogen-bond donors (Lipinski definition) is 2. The van der Waals surface area contributed by atoms with E-state index in [9.17, 15) is 9.59 Å². The maximum atomic E-state index is 12.3. The Kier molecular flexibility index (Phi) is 4.75. The van der Waals surface area contributed by atoms with Crippen molar-refractivity contribution in [3.8, 4) is 0 Å². The molecule has 2 N–H and O–H groups in total. The van der Waals surface area contributed by atoms with E-state index in [2.05, 4.69) is 26.6 Å². The van der Waals surface area contributed by atoms with Crippen molar-refractivity contribution in [3.63, 3.8) is 0 Å². The molecule has 0 aliphatic heterocycles. The molecule has 4 nitrogen and oxygen atoms in total. The Morgan fingerprint density at radius 3 is 2.19 bits per heavy atom. The fraction of sp³-hybridized carbons (Fsp3) is 0.125. The van der Waals surface area contributed by atoms with Crippen LogP contribution >= 0.6 is 15.9 Å². The summed E-state index contributed by atoms with van der Waals surface area (Å²) in [6.45, 7) is 3.30. The van der Waals surface area contributed by atoms with Gasteiger partial charge < -0.3 is 10.6 Å². The van der Waals surface area contributed by atoms with E-state index < -0.39 is 0 Å². The summed E-state index contributed by atoms with van der Waals surface area (Å²) >= 11 is 3.36. The van der Waals surface area contributed by atoms with Gasteiger partial charge in [0, 0.05) is 22.8 Å². The molecule has 0 bridgehead atoms. The van der Waals surface area contributed by atoms with Gasteiger partial charge in [-0.05, 0) is 52.7 Å². The molecule has 0 radical (unpaired) electrons. The number of carbonyl (C=O) groups excluding carboxylic acids is 2. The SMILES string of the molecule is CC(=O)Nc1cccc(NC(=O)c2ccccc2Br)c1C. The predicted octanol–water partition coefficient (Wildman–Crippen LogP) is 3.97. The van der Waals surface area contributed by atoms with Gasteiger partial charge in [0.15, 0.2) is 0 Å². The summed E-state index contributed by atoms with van der Waals surface area (Å²) in [5, 5.41) is 5.60. The standard InChI is InChI=1S/C16H15BrN2O2/c1-10-14(18-11(2)20)8-5-9-15(10)19-16(21)12-6-3-4-7-13(12)17/h3-9H,1-2H3,(H,18,20)(H,19,21). The number of amides is 2.